The number of ketones is 1. The predicted molar refractivity (Wildman–Crippen MR) is 92.1 cm³/mol. The number of halogens is 2. The Morgan fingerprint density at radius 3 is 2.42 bits per heavy atom. The summed E-state index contributed by atoms with van der Waals surface area (Å²) < 4.78 is 34.4. The predicted octanol–water partition coefficient (Wildman–Crippen LogP) is 4.10. The molecule has 1 atom stereocenters. The lowest BCUT2D eigenvalue weighted by Crippen LogP contribution is -2.37. The summed E-state index contributed by atoms with van der Waals surface area (Å²) in [5.74, 6) is -2.87. The highest BCUT2D eigenvalue weighted by Gasteiger charge is 2.42. The summed E-state index contributed by atoms with van der Waals surface area (Å²) in [5, 5.41) is 12.7. The molecule has 0 amide bonds. The van der Waals surface area contributed by atoms with Gasteiger partial charge in [-0.15, -0.1) is 0 Å². The maximum absolute atomic E-state index is 14.8. The van der Waals surface area contributed by atoms with Crippen LogP contribution in [-0.2, 0) is 4.79 Å². The molecule has 2 aliphatic rings. The summed E-state index contributed by atoms with van der Waals surface area (Å²) in [6.45, 7) is 5.62. The minimum atomic E-state index is -1.05. The zero-order valence-electron chi connectivity index (χ0n) is 15.2. The van der Waals surface area contributed by atoms with Crippen molar-refractivity contribution in [3.63, 3.8) is 0 Å². The van der Waals surface area contributed by atoms with Gasteiger partial charge in [0.1, 0.15) is 17.4 Å². The normalized spacial score (nSPS) is 21.9. The van der Waals surface area contributed by atoms with Gasteiger partial charge in [-0.25, -0.2) is 8.78 Å². The summed E-state index contributed by atoms with van der Waals surface area (Å²) >= 11 is 0. The molecule has 1 aliphatic heterocycles. The highest BCUT2D eigenvalue weighted by atomic mass is 19.1. The van der Waals surface area contributed by atoms with Gasteiger partial charge in [-0.05, 0) is 18.8 Å². The zero-order chi connectivity index (χ0) is 19.2. The molecule has 0 unspecified atom stereocenters. The van der Waals surface area contributed by atoms with Crippen LogP contribution in [0.25, 0.3) is 0 Å². The van der Waals surface area contributed by atoms with E-state index in [0.717, 1.165) is 12.1 Å². The number of carbonyl (C=O) groups excluding carboxylic acids is 1. The first-order chi connectivity index (χ1) is 12.2. The lowest BCUT2D eigenvalue weighted by Gasteiger charge is -2.38. The smallest absolute Gasteiger partial charge is 0.162 e. The molecule has 0 saturated carbocycles. The van der Waals surface area contributed by atoms with Crippen molar-refractivity contribution in [1.82, 2.24) is 5.32 Å². The fourth-order valence-electron chi connectivity index (χ4n) is 3.83. The first-order valence-corrected chi connectivity index (χ1v) is 8.35. The molecule has 0 radical (unpaired) electrons. The zero-order valence-corrected chi connectivity index (χ0v) is 15.2. The van der Waals surface area contributed by atoms with E-state index in [9.17, 15) is 18.8 Å². The molecule has 0 fully saturated rings. The molecule has 1 aromatic carbocycles. The molecule has 3 rings (SSSR count). The Hall–Kier alpha value is -2.68. The van der Waals surface area contributed by atoms with Gasteiger partial charge in [0.25, 0.3) is 0 Å². The van der Waals surface area contributed by atoms with Crippen LogP contribution in [-0.4, -0.2) is 12.9 Å². The van der Waals surface area contributed by atoms with Gasteiger partial charge in [0.2, 0.25) is 0 Å². The number of carbonyl (C=O) groups is 1. The van der Waals surface area contributed by atoms with E-state index in [1.54, 1.807) is 6.92 Å². The molecule has 6 heteroatoms. The number of hydrogen-bond donors (Lipinski definition) is 1. The highest BCUT2D eigenvalue weighted by Crippen LogP contribution is 2.47. The van der Waals surface area contributed by atoms with Crippen molar-refractivity contribution >= 4 is 5.78 Å². The van der Waals surface area contributed by atoms with E-state index in [4.69, 9.17) is 4.74 Å². The van der Waals surface area contributed by atoms with Crippen LogP contribution in [0.5, 0.6) is 5.75 Å². The minimum absolute atomic E-state index is 0.0437. The van der Waals surface area contributed by atoms with Crippen LogP contribution in [0.3, 0.4) is 0 Å². The average molecular weight is 358 g/mol. The van der Waals surface area contributed by atoms with Crippen LogP contribution in [0, 0.1) is 28.4 Å². The number of methoxy groups -OCH3 is 1. The summed E-state index contributed by atoms with van der Waals surface area (Å²) in [5.41, 5.74) is 1.05. The summed E-state index contributed by atoms with van der Waals surface area (Å²) in [4.78, 5) is 12.8. The van der Waals surface area contributed by atoms with Crippen molar-refractivity contribution in [1.29, 1.82) is 5.26 Å². The van der Waals surface area contributed by atoms with E-state index >= 15 is 0 Å². The number of rotatable bonds is 2. The molecule has 0 bridgehead atoms. The largest absolute Gasteiger partial charge is 0.497 e. The van der Waals surface area contributed by atoms with Gasteiger partial charge in [0.15, 0.2) is 5.78 Å². The SMILES string of the molecule is COc1cc(F)c([C@H]2C(C#N)=C(C)NC3=C2C(=O)CC(C)(C)C3)c(F)c1. The lowest BCUT2D eigenvalue weighted by atomic mass is 9.68. The van der Waals surface area contributed by atoms with Crippen molar-refractivity contribution in [2.24, 2.45) is 5.41 Å². The number of Topliss-reactive ketones (excluding diaryl/α,β-unsaturated/α-hetero) is 1. The first kappa shape index (κ1) is 18.1. The van der Waals surface area contributed by atoms with E-state index in [1.165, 1.54) is 7.11 Å². The second kappa shape index (κ2) is 6.24. The van der Waals surface area contributed by atoms with E-state index in [-0.39, 0.29) is 40.1 Å². The van der Waals surface area contributed by atoms with E-state index in [1.807, 2.05) is 19.9 Å². The maximum Gasteiger partial charge on any atom is 0.162 e. The van der Waals surface area contributed by atoms with Gasteiger partial charge >= 0.3 is 0 Å². The quantitative estimate of drug-likeness (QED) is 0.865. The average Bonchev–Trinajstić information content (AvgIpc) is 2.52. The Morgan fingerprint density at radius 2 is 1.88 bits per heavy atom. The number of nitriles is 1. The van der Waals surface area contributed by atoms with Crippen molar-refractivity contribution in [2.45, 2.75) is 39.5 Å². The maximum atomic E-state index is 14.8. The molecule has 26 heavy (non-hydrogen) atoms. The fraction of sp³-hybridized carbons (Fsp3) is 0.400. The lowest BCUT2D eigenvalue weighted by molar-refractivity contribution is -0.118. The molecule has 136 valence electrons. The number of allylic oxidation sites excluding steroid dienone is 4. The highest BCUT2D eigenvalue weighted by molar-refractivity contribution is 6.00. The first-order valence-electron chi connectivity index (χ1n) is 8.35. The fourth-order valence-corrected chi connectivity index (χ4v) is 3.83. The molecule has 0 spiro atoms. The number of ether oxygens (including phenoxy) is 1. The Bertz CT molecular complexity index is 884. The van der Waals surface area contributed by atoms with Crippen molar-refractivity contribution in [2.75, 3.05) is 7.11 Å². The second-order valence-corrected chi connectivity index (χ2v) is 7.55. The van der Waals surface area contributed by atoms with Crippen LogP contribution in [0.1, 0.15) is 45.1 Å². The topological polar surface area (TPSA) is 62.1 Å². The third-order valence-electron chi connectivity index (χ3n) is 4.94. The Kier molecular flexibility index (Phi) is 4.35. The third-order valence-corrected chi connectivity index (χ3v) is 4.94. The number of hydrogen-bond acceptors (Lipinski definition) is 4. The number of nitrogens with zero attached hydrogens (tertiary/aromatic N) is 1. The van der Waals surface area contributed by atoms with Gasteiger partial charge < -0.3 is 10.1 Å². The van der Waals surface area contributed by atoms with Gasteiger partial charge in [-0.2, -0.15) is 5.26 Å². The van der Waals surface area contributed by atoms with Gasteiger partial charge in [-0.1, -0.05) is 13.8 Å². The molecular formula is C20H20F2N2O2. The van der Waals surface area contributed by atoms with Crippen LogP contribution in [0.15, 0.2) is 34.7 Å². The summed E-state index contributed by atoms with van der Waals surface area (Å²) in [6, 6.07) is 4.17. The van der Waals surface area contributed by atoms with Gasteiger partial charge in [0, 0.05) is 41.1 Å². The molecule has 1 N–H and O–H groups in total. The van der Waals surface area contributed by atoms with Crippen LogP contribution in [0.2, 0.25) is 0 Å². The Morgan fingerprint density at radius 1 is 1.27 bits per heavy atom. The molecular weight excluding hydrogens is 338 g/mol. The number of benzene rings is 1. The van der Waals surface area contributed by atoms with Crippen molar-refractivity contribution in [3.05, 3.63) is 51.9 Å². The van der Waals surface area contributed by atoms with Crippen LogP contribution < -0.4 is 10.1 Å². The van der Waals surface area contributed by atoms with Crippen LogP contribution >= 0.6 is 0 Å². The van der Waals surface area contributed by atoms with Gasteiger partial charge in [-0.3, -0.25) is 4.79 Å². The molecule has 1 aromatic rings. The standard InChI is InChI=1S/C20H20F2N2O2/c1-10-12(9-23)17(18-13(21)5-11(26-4)6-14(18)22)19-15(24-10)7-20(2,3)8-16(19)25/h5-6,17,24H,7-8H2,1-4H3/t17-/m1/s1. The van der Waals surface area contributed by atoms with Crippen molar-refractivity contribution in [3.8, 4) is 11.8 Å². The minimum Gasteiger partial charge on any atom is -0.497 e. The summed E-state index contributed by atoms with van der Waals surface area (Å²) in [7, 11) is 1.32. The third kappa shape index (κ3) is 2.88. The monoisotopic (exact) mass is 358 g/mol. The molecule has 1 heterocycles. The Labute approximate surface area is 151 Å². The molecule has 1 aliphatic carbocycles. The van der Waals surface area contributed by atoms with Crippen molar-refractivity contribution < 1.29 is 18.3 Å². The molecule has 0 aromatic heterocycles. The van der Waals surface area contributed by atoms with Crippen LogP contribution in [0.4, 0.5) is 8.78 Å². The van der Waals surface area contributed by atoms with E-state index in [2.05, 4.69) is 5.32 Å². The molecule has 0 saturated heterocycles. The second-order valence-electron chi connectivity index (χ2n) is 7.55. The van der Waals surface area contributed by atoms with Gasteiger partial charge in [0.05, 0.1) is 24.7 Å². The Balaban J connectivity index is 2.26. The number of dihydropyridines is 1. The van der Waals surface area contributed by atoms with E-state index < -0.39 is 17.6 Å². The summed E-state index contributed by atoms with van der Waals surface area (Å²) in [6.07, 6.45) is 0.835. The van der Waals surface area contributed by atoms with E-state index in [0.29, 0.717) is 17.8 Å². The number of nitrogens with one attached hydrogen (secondary N) is 1. The molecule has 4 nitrogen and oxygen atoms in total.